The molecule has 1 saturated heterocycles. The van der Waals surface area contributed by atoms with E-state index in [0.717, 1.165) is 22.6 Å². The monoisotopic (exact) mass is 411 g/mol. The summed E-state index contributed by atoms with van der Waals surface area (Å²) in [5.74, 6) is 1.05. The number of methoxy groups -OCH3 is 1. The smallest absolute Gasteiger partial charge is 0.163 e. The number of hydrogen-bond donors (Lipinski definition) is 0. The third-order valence-corrected chi connectivity index (χ3v) is 5.25. The lowest BCUT2D eigenvalue weighted by Gasteiger charge is -2.37. The molecule has 30 heavy (non-hydrogen) atoms. The van der Waals surface area contributed by atoms with Gasteiger partial charge in [-0.3, -0.25) is 4.84 Å². The van der Waals surface area contributed by atoms with E-state index in [-0.39, 0.29) is 12.1 Å². The van der Waals surface area contributed by atoms with Crippen LogP contribution in [0.2, 0.25) is 0 Å². The molecule has 2 aliphatic rings. The van der Waals surface area contributed by atoms with E-state index in [4.69, 9.17) is 23.8 Å². The van der Waals surface area contributed by atoms with Crippen LogP contribution >= 0.6 is 0 Å². The van der Waals surface area contributed by atoms with Gasteiger partial charge in [0.25, 0.3) is 0 Å². The van der Waals surface area contributed by atoms with E-state index in [9.17, 15) is 0 Å². The topological polar surface area (TPSA) is 49.4 Å². The van der Waals surface area contributed by atoms with Gasteiger partial charge in [-0.25, -0.2) is 0 Å². The first-order chi connectivity index (χ1) is 14.5. The van der Waals surface area contributed by atoms with Crippen LogP contribution in [0.4, 0.5) is 0 Å². The van der Waals surface area contributed by atoms with Crippen LogP contribution < -0.4 is 4.74 Å². The largest absolute Gasteiger partial charge is 0.497 e. The first-order valence-corrected chi connectivity index (χ1v) is 10.2. The number of ether oxygens (including phenoxy) is 4. The standard InChI is InChI=1S/C24H29NO5/c1-24(2)28-17-22(30-24)23-21(27-16-19-9-11-20(26-3)12-10-19)13-14-29-25(23)15-18-7-5-4-6-8-18/h4-13,22-23H,14-17H2,1-3H3/t22-,23-/m1/s1. The second kappa shape index (κ2) is 9.18. The van der Waals surface area contributed by atoms with Crippen molar-refractivity contribution in [3.63, 3.8) is 0 Å². The predicted molar refractivity (Wildman–Crippen MR) is 112 cm³/mol. The van der Waals surface area contributed by atoms with Crippen molar-refractivity contribution >= 4 is 0 Å². The number of hydroxylamine groups is 2. The highest BCUT2D eigenvalue weighted by molar-refractivity contribution is 5.27. The summed E-state index contributed by atoms with van der Waals surface area (Å²) < 4.78 is 23.5. The van der Waals surface area contributed by atoms with Gasteiger partial charge in [-0.15, -0.1) is 0 Å². The van der Waals surface area contributed by atoms with Crippen molar-refractivity contribution in [1.29, 1.82) is 0 Å². The van der Waals surface area contributed by atoms with Crippen LogP contribution in [0.25, 0.3) is 0 Å². The van der Waals surface area contributed by atoms with Gasteiger partial charge in [0, 0.05) is 0 Å². The van der Waals surface area contributed by atoms with Crippen LogP contribution in [-0.4, -0.2) is 43.3 Å². The molecule has 0 N–H and O–H groups in total. The third-order valence-electron chi connectivity index (χ3n) is 5.25. The summed E-state index contributed by atoms with van der Waals surface area (Å²) in [6.45, 7) is 5.89. The van der Waals surface area contributed by atoms with Gasteiger partial charge in [-0.1, -0.05) is 42.5 Å². The fourth-order valence-electron chi connectivity index (χ4n) is 3.74. The number of hydrogen-bond acceptors (Lipinski definition) is 6. The minimum Gasteiger partial charge on any atom is -0.497 e. The summed E-state index contributed by atoms with van der Waals surface area (Å²) in [7, 11) is 1.66. The molecular weight excluding hydrogens is 382 g/mol. The van der Waals surface area contributed by atoms with Crippen LogP contribution in [0.1, 0.15) is 25.0 Å². The van der Waals surface area contributed by atoms with E-state index in [2.05, 4.69) is 12.1 Å². The van der Waals surface area contributed by atoms with Crippen LogP contribution in [0.5, 0.6) is 5.75 Å². The van der Waals surface area contributed by atoms with E-state index < -0.39 is 5.79 Å². The molecule has 0 unspecified atom stereocenters. The van der Waals surface area contributed by atoms with E-state index in [1.54, 1.807) is 7.11 Å². The zero-order valence-electron chi connectivity index (χ0n) is 17.7. The van der Waals surface area contributed by atoms with E-state index in [1.807, 2.05) is 67.5 Å². The van der Waals surface area contributed by atoms with Crippen LogP contribution in [-0.2, 0) is 32.2 Å². The second-order valence-corrected chi connectivity index (χ2v) is 7.91. The Labute approximate surface area is 177 Å². The van der Waals surface area contributed by atoms with Gasteiger partial charge in [-0.2, -0.15) is 5.06 Å². The van der Waals surface area contributed by atoms with Crippen molar-refractivity contribution in [2.45, 2.75) is 44.9 Å². The minimum atomic E-state index is -0.623. The summed E-state index contributed by atoms with van der Waals surface area (Å²) in [5, 5.41) is 1.95. The Morgan fingerprint density at radius 2 is 1.80 bits per heavy atom. The van der Waals surface area contributed by atoms with Gasteiger partial charge in [0.1, 0.15) is 30.3 Å². The molecule has 6 nitrogen and oxygen atoms in total. The predicted octanol–water partition coefficient (Wildman–Crippen LogP) is 4.06. The fraction of sp³-hybridized carbons (Fsp3) is 0.417. The lowest BCUT2D eigenvalue weighted by atomic mass is 10.1. The molecule has 160 valence electrons. The molecular formula is C24H29NO5. The highest BCUT2D eigenvalue weighted by atomic mass is 16.8. The summed E-state index contributed by atoms with van der Waals surface area (Å²) in [6.07, 6.45) is 1.80. The molecule has 2 aromatic carbocycles. The molecule has 0 radical (unpaired) electrons. The number of nitrogens with zero attached hydrogens (tertiary/aromatic N) is 1. The Bertz CT molecular complexity index is 850. The van der Waals surface area contributed by atoms with Gasteiger partial charge in [0.15, 0.2) is 5.79 Å². The molecule has 4 rings (SSSR count). The lowest BCUT2D eigenvalue weighted by Crippen LogP contribution is -2.48. The second-order valence-electron chi connectivity index (χ2n) is 7.91. The van der Waals surface area contributed by atoms with Gasteiger partial charge in [0.05, 0.1) is 26.9 Å². The van der Waals surface area contributed by atoms with Gasteiger partial charge < -0.3 is 18.9 Å². The average Bonchev–Trinajstić information content (AvgIpc) is 3.12. The summed E-state index contributed by atoms with van der Waals surface area (Å²) in [5.41, 5.74) is 2.23. The Hall–Kier alpha value is -2.38. The molecule has 6 heteroatoms. The molecule has 2 aliphatic heterocycles. The number of benzene rings is 2. The van der Waals surface area contributed by atoms with E-state index in [0.29, 0.717) is 26.4 Å². The Morgan fingerprint density at radius 3 is 2.47 bits per heavy atom. The minimum absolute atomic E-state index is 0.189. The first kappa shape index (κ1) is 20.9. The average molecular weight is 411 g/mol. The van der Waals surface area contributed by atoms with Crippen molar-refractivity contribution in [3.05, 3.63) is 77.6 Å². The maximum Gasteiger partial charge on any atom is 0.163 e. The summed E-state index contributed by atoms with van der Waals surface area (Å²) in [4.78, 5) is 6.01. The highest BCUT2D eigenvalue weighted by Crippen LogP contribution is 2.32. The van der Waals surface area contributed by atoms with Crippen molar-refractivity contribution in [3.8, 4) is 5.75 Å². The fourth-order valence-corrected chi connectivity index (χ4v) is 3.74. The van der Waals surface area contributed by atoms with E-state index in [1.165, 1.54) is 0 Å². The van der Waals surface area contributed by atoms with E-state index >= 15 is 0 Å². The molecule has 2 atom stereocenters. The zero-order chi connectivity index (χ0) is 21.0. The molecule has 0 aliphatic carbocycles. The molecule has 2 aromatic rings. The molecule has 0 bridgehead atoms. The maximum absolute atomic E-state index is 6.27. The summed E-state index contributed by atoms with van der Waals surface area (Å²) in [6, 6.07) is 17.9. The maximum atomic E-state index is 6.27. The quantitative estimate of drug-likeness (QED) is 0.685. The Morgan fingerprint density at radius 1 is 1.03 bits per heavy atom. The number of rotatable bonds is 7. The van der Waals surface area contributed by atoms with Crippen LogP contribution in [0.3, 0.4) is 0 Å². The van der Waals surface area contributed by atoms with Crippen LogP contribution in [0.15, 0.2) is 66.4 Å². The summed E-state index contributed by atoms with van der Waals surface area (Å²) >= 11 is 0. The van der Waals surface area contributed by atoms with Gasteiger partial charge in [-0.05, 0) is 43.2 Å². The SMILES string of the molecule is COc1ccc(COC2=CCON(Cc3ccccc3)[C@H]2[C@H]2COC(C)(C)O2)cc1. The molecule has 2 heterocycles. The lowest BCUT2D eigenvalue weighted by molar-refractivity contribution is -0.225. The molecule has 0 spiro atoms. The molecule has 1 fully saturated rings. The first-order valence-electron chi connectivity index (χ1n) is 10.2. The third kappa shape index (κ3) is 5.02. The molecule has 0 saturated carbocycles. The van der Waals surface area contributed by atoms with Gasteiger partial charge >= 0.3 is 0 Å². The molecule has 0 amide bonds. The Balaban J connectivity index is 1.51. The van der Waals surface area contributed by atoms with Crippen molar-refractivity contribution in [1.82, 2.24) is 5.06 Å². The van der Waals surface area contributed by atoms with Gasteiger partial charge in [0.2, 0.25) is 0 Å². The molecule has 0 aromatic heterocycles. The van der Waals surface area contributed by atoms with Crippen molar-refractivity contribution in [2.75, 3.05) is 20.3 Å². The van der Waals surface area contributed by atoms with Crippen molar-refractivity contribution < 1.29 is 23.8 Å². The van der Waals surface area contributed by atoms with Crippen LogP contribution in [0, 0.1) is 0 Å². The zero-order valence-corrected chi connectivity index (χ0v) is 17.7. The normalized spacial score (nSPS) is 23.8. The Kier molecular flexibility index (Phi) is 6.39. The van der Waals surface area contributed by atoms with Crippen molar-refractivity contribution in [2.24, 2.45) is 0 Å². The highest BCUT2D eigenvalue weighted by Gasteiger charge is 2.44.